The second-order valence-corrected chi connectivity index (χ2v) is 6.89. The maximum absolute atomic E-state index is 12.5. The second kappa shape index (κ2) is 5.95. The molecule has 9 heteroatoms. The third kappa shape index (κ3) is 2.72. The van der Waals surface area contributed by atoms with Crippen molar-refractivity contribution >= 4 is 28.0 Å². The summed E-state index contributed by atoms with van der Waals surface area (Å²) in [6.07, 6.45) is 3.89. The number of rotatable bonds is 4. The molecular formula is C17H13N7OS. The predicted octanol–water partition coefficient (Wildman–Crippen LogP) is 2.77. The van der Waals surface area contributed by atoms with Gasteiger partial charge in [-0.25, -0.2) is 4.98 Å². The smallest absolute Gasteiger partial charge is 0.277 e. The maximum Gasteiger partial charge on any atom is 0.277 e. The molecule has 4 aromatic heterocycles. The van der Waals surface area contributed by atoms with Gasteiger partial charge >= 0.3 is 0 Å². The van der Waals surface area contributed by atoms with Gasteiger partial charge in [0.05, 0.1) is 5.69 Å². The lowest BCUT2D eigenvalue weighted by atomic mass is 10.3. The number of pyridine rings is 1. The molecule has 0 atom stereocenters. The first kappa shape index (κ1) is 15.1. The van der Waals surface area contributed by atoms with Crippen molar-refractivity contribution in [3.05, 3.63) is 53.4 Å². The Morgan fingerprint density at radius 1 is 1.15 bits per heavy atom. The van der Waals surface area contributed by atoms with Gasteiger partial charge in [-0.05, 0) is 37.1 Å². The van der Waals surface area contributed by atoms with Crippen LogP contribution in [0.15, 0.2) is 41.9 Å². The minimum atomic E-state index is -0.315. The average molecular weight is 363 g/mol. The average Bonchev–Trinajstić information content (AvgIpc) is 3.26. The van der Waals surface area contributed by atoms with E-state index in [-0.39, 0.29) is 5.91 Å². The molecule has 1 fully saturated rings. The summed E-state index contributed by atoms with van der Waals surface area (Å²) in [5, 5.41) is 17.8. The van der Waals surface area contributed by atoms with E-state index in [0.717, 1.165) is 30.1 Å². The number of carbonyl (C=O) groups excluding carboxylic acids is 1. The number of thiazole rings is 1. The number of hydrogen-bond donors (Lipinski definition) is 1. The Labute approximate surface area is 152 Å². The largest absolute Gasteiger partial charge is 0.296 e. The minimum Gasteiger partial charge on any atom is -0.296 e. The molecule has 0 radical (unpaired) electrons. The summed E-state index contributed by atoms with van der Waals surface area (Å²) in [7, 11) is 0. The quantitative estimate of drug-likeness (QED) is 0.599. The zero-order valence-electron chi connectivity index (χ0n) is 13.5. The van der Waals surface area contributed by atoms with E-state index >= 15 is 0 Å². The van der Waals surface area contributed by atoms with Crippen LogP contribution in [-0.4, -0.2) is 35.7 Å². The highest BCUT2D eigenvalue weighted by Gasteiger charge is 2.29. The molecule has 0 bridgehead atoms. The van der Waals surface area contributed by atoms with Crippen LogP contribution in [0, 0.1) is 0 Å². The number of hydrogen-bond acceptors (Lipinski definition) is 7. The van der Waals surface area contributed by atoms with Crippen LogP contribution in [0.3, 0.4) is 0 Å². The van der Waals surface area contributed by atoms with Crippen molar-refractivity contribution in [3.63, 3.8) is 0 Å². The molecule has 128 valence electrons. The van der Waals surface area contributed by atoms with Gasteiger partial charge in [0.2, 0.25) is 0 Å². The monoisotopic (exact) mass is 363 g/mol. The first-order chi connectivity index (χ1) is 12.8. The van der Waals surface area contributed by atoms with E-state index in [0.29, 0.717) is 22.4 Å². The molecule has 1 N–H and O–H groups in total. The minimum absolute atomic E-state index is 0.300. The lowest BCUT2D eigenvalue weighted by Crippen LogP contribution is -2.15. The summed E-state index contributed by atoms with van der Waals surface area (Å²) in [5.74, 6) is 0.904. The number of nitrogens with one attached hydrogen (secondary N) is 1. The van der Waals surface area contributed by atoms with Crippen molar-refractivity contribution in [1.82, 2.24) is 29.8 Å². The Kier molecular flexibility index (Phi) is 3.45. The molecule has 1 aliphatic rings. The van der Waals surface area contributed by atoms with Gasteiger partial charge in [0.15, 0.2) is 16.6 Å². The van der Waals surface area contributed by atoms with Gasteiger partial charge in [-0.2, -0.15) is 9.61 Å². The molecule has 1 amide bonds. The molecular weight excluding hydrogens is 350 g/mol. The molecule has 0 spiro atoms. The molecule has 1 saturated carbocycles. The van der Waals surface area contributed by atoms with E-state index in [1.807, 2.05) is 23.6 Å². The van der Waals surface area contributed by atoms with Crippen molar-refractivity contribution in [3.8, 4) is 11.4 Å². The number of carbonyl (C=O) groups is 1. The van der Waals surface area contributed by atoms with Crippen molar-refractivity contribution < 1.29 is 4.79 Å². The molecule has 5 rings (SSSR count). The number of anilines is 1. The van der Waals surface area contributed by atoms with Crippen LogP contribution in [-0.2, 0) is 0 Å². The van der Waals surface area contributed by atoms with E-state index in [2.05, 4.69) is 30.6 Å². The van der Waals surface area contributed by atoms with E-state index in [4.69, 9.17) is 0 Å². The first-order valence-corrected chi connectivity index (χ1v) is 9.06. The maximum atomic E-state index is 12.5. The van der Waals surface area contributed by atoms with E-state index in [1.54, 1.807) is 22.8 Å². The fraction of sp³-hybridized carbons (Fsp3) is 0.176. The van der Waals surface area contributed by atoms with Gasteiger partial charge in [0.1, 0.15) is 11.4 Å². The number of amides is 1. The van der Waals surface area contributed by atoms with E-state index in [9.17, 15) is 4.79 Å². The molecule has 4 aromatic rings. The van der Waals surface area contributed by atoms with Crippen molar-refractivity contribution in [2.75, 3.05) is 5.32 Å². The summed E-state index contributed by atoms with van der Waals surface area (Å²) >= 11 is 1.35. The molecule has 4 heterocycles. The Morgan fingerprint density at radius 3 is 2.88 bits per heavy atom. The Balaban J connectivity index is 1.39. The highest BCUT2D eigenvalue weighted by molar-refractivity contribution is 7.14. The molecule has 8 nitrogen and oxygen atoms in total. The van der Waals surface area contributed by atoms with Crippen LogP contribution < -0.4 is 5.32 Å². The van der Waals surface area contributed by atoms with E-state index < -0.39 is 0 Å². The highest BCUT2D eigenvalue weighted by Crippen LogP contribution is 2.38. The second-order valence-electron chi connectivity index (χ2n) is 6.03. The van der Waals surface area contributed by atoms with E-state index in [1.165, 1.54) is 11.3 Å². The zero-order valence-corrected chi connectivity index (χ0v) is 14.3. The molecule has 0 saturated heterocycles. The van der Waals surface area contributed by atoms with Crippen molar-refractivity contribution in [1.29, 1.82) is 0 Å². The molecule has 1 aliphatic carbocycles. The lowest BCUT2D eigenvalue weighted by Gasteiger charge is -2.02. The van der Waals surface area contributed by atoms with Crippen molar-refractivity contribution in [2.24, 2.45) is 0 Å². The predicted molar refractivity (Wildman–Crippen MR) is 96.1 cm³/mol. The molecule has 26 heavy (non-hydrogen) atoms. The summed E-state index contributed by atoms with van der Waals surface area (Å²) in [5.41, 5.74) is 2.44. The Morgan fingerprint density at radius 2 is 2.08 bits per heavy atom. The zero-order chi connectivity index (χ0) is 17.5. The number of nitrogens with zero attached hydrogens (tertiary/aromatic N) is 6. The Bertz CT molecular complexity index is 1100. The molecule has 0 aromatic carbocycles. The Hall–Kier alpha value is -3.20. The third-order valence-electron chi connectivity index (χ3n) is 4.11. The fourth-order valence-corrected chi connectivity index (χ4v) is 3.35. The normalized spacial score (nSPS) is 13.8. The van der Waals surface area contributed by atoms with Gasteiger partial charge in [-0.3, -0.25) is 15.1 Å². The summed E-state index contributed by atoms with van der Waals surface area (Å²) in [6, 6.07) is 9.02. The van der Waals surface area contributed by atoms with Crippen LogP contribution in [0.1, 0.15) is 35.1 Å². The van der Waals surface area contributed by atoms with Crippen LogP contribution in [0.5, 0.6) is 0 Å². The van der Waals surface area contributed by atoms with Gasteiger partial charge < -0.3 is 0 Å². The summed E-state index contributed by atoms with van der Waals surface area (Å²) < 4.78 is 1.66. The fourth-order valence-electron chi connectivity index (χ4n) is 2.65. The van der Waals surface area contributed by atoms with Crippen molar-refractivity contribution in [2.45, 2.75) is 18.8 Å². The SMILES string of the molecule is O=C(Nc1nc(-c2ccccn2)cs1)c1ccc2nnc(C3CC3)n2n1. The number of aromatic nitrogens is 6. The molecule has 0 unspecified atom stereocenters. The van der Waals surface area contributed by atoms with Crippen LogP contribution in [0.4, 0.5) is 5.13 Å². The lowest BCUT2D eigenvalue weighted by molar-refractivity contribution is 0.102. The van der Waals surface area contributed by atoms with Gasteiger partial charge in [-0.15, -0.1) is 21.5 Å². The first-order valence-electron chi connectivity index (χ1n) is 8.18. The van der Waals surface area contributed by atoms with Gasteiger partial charge in [-0.1, -0.05) is 6.07 Å². The standard InChI is InChI=1S/C17H13N7OS/c25-16(20-17-19-13(9-26-17)11-3-1-2-8-18-11)12-6-7-14-21-22-15(10-4-5-10)24(14)23-12/h1-3,6-10H,4-5H2,(H,19,20,25). The highest BCUT2D eigenvalue weighted by atomic mass is 32.1. The van der Waals surface area contributed by atoms with Gasteiger partial charge in [0.25, 0.3) is 5.91 Å². The third-order valence-corrected chi connectivity index (χ3v) is 4.87. The summed E-state index contributed by atoms with van der Waals surface area (Å²) in [6.45, 7) is 0. The number of fused-ring (bicyclic) bond motifs is 1. The van der Waals surface area contributed by atoms with Crippen LogP contribution >= 0.6 is 11.3 Å². The van der Waals surface area contributed by atoms with Gasteiger partial charge in [0, 0.05) is 17.5 Å². The molecule has 0 aliphatic heterocycles. The van der Waals surface area contributed by atoms with Crippen LogP contribution in [0.25, 0.3) is 17.0 Å². The van der Waals surface area contributed by atoms with Crippen LogP contribution in [0.2, 0.25) is 0 Å². The summed E-state index contributed by atoms with van der Waals surface area (Å²) in [4.78, 5) is 21.2. The topological polar surface area (TPSA) is 98.0 Å².